The lowest BCUT2D eigenvalue weighted by molar-refractivity contribution is -0.305. The fraction of sp³-hybridized carbons (Fsp3) is 0.286. The first kappa shape index (κ1) is 17.5. The maximum absolute atomic E-state index is 11.6. The number of carboxylic acid groups (broad SMARTS) is 1. The number of aliphatic carboxylic acids is 1. The minimum atomic E-state index is -1.28. The molecule has 1 aliphatic heterocycles. The van der Waals surface area contributed by atoms with Gasteiger partial charge in [0, 0.05) is 22.4 Å². The first-order valence-corrected chi connectivity index (χ1v) is 8.37. The molecule has 0 aliphatic carbocycles. The second-order valence-electron chi connectivity index (χ2n) is 4.44. The zero-order valence-corrected chi connectivity index (χ0v) is 14.5. The summed E-state index contributed by atoms with van der Waals surface area (Å²) < 4.78 is 6.35. The van der Waals surface area contributed by atoms with Gasteiger partial charge in [0.25, 0.3) is 0 Å². The van der Waals surface area contributed by atoms with Gasteiger partial charge in [-0.2, -0.15) is 5.10 Å². The van der Waals surface area contributed by atoms with Crippen LogP contribution in [0.25, 0.3) is 0 Å². The molecule has 0 bridgehead atoms. The Bertz CT molecular complexity index is 678. The highest BCUT2D eigenvalue weighted by molar-refractivity contribution is 9.10. The Morgan fingerprint density at radius 2 is 2.35 bits per heavy atom. The van der Waals surface area contributed by atoms with Crippen molar-refractivity contribution in [3.05, 3.63) is 28.2 Å². The molecule has 1 fully saturated rings. The molecule has 9 heteroatoms. The van der Waals surface area contributed by atoms with Gasteiger partial charge in [-0.15, -0.1) is 5.10 Å². The molecule has 1 saturated heterocycles. The van der Waals surface area contributed by atoms with Crippen LogP contribution in [-0.4, -0.2) is 35.1 Å². The number of nitrogens with one attached hydrogen (secondary N) is 1. The predicted octanol–water partition coefficient (Wildman–Crippen LogP) is 0.909. The van der Waals surface area contributed by atoms with E-state index in [-0.39, 0.29) is 11.6 Å². The molecule has 0 aromatic heterocycles. The number of benzene rings is 1. The topological polar surface area (TPSA) is 103 Å². The average molecular weight is 399 g/mol. The van der Waals surface area contributed by atoms with Crippen LogP contribution in [-0.2, 0) is 9.59 Å². The van der Waals surface area contributed by atoms with Gasteiger partial charge in [0.05, 0.1) is 18.1 Å². The lowest BCUT2D eigenvalue weighted by Crippen LogP contribution is -2.31. The molecule has 2 rings (SSSR count). The minimum absolute atomic E-state index is 0.255. The third kappa shape index (κ3) is 5.07. The van der Waals surface area contributed by atoms with Gasteiger partial charge in [0.2, 0.25) is 5.91 Å². The molecule has 1 atom stereocenters. The monoisotopic (exact) mass is 398 g/mol. The normalized spacial score (nSPS) is 19.3. The Labute approximate surface area is 145 Å². The minimum Gasteiger partial charge on any atom is -0.550 e. The van der Waals surface area contributed by atoms with E-state index in [4.69, 9.17) is 4.74 Å². The fourth-order valence-electron chi connectivity index (χ4n) is 1.79. The van der Waals surface area contributed by atoms with Crippen LogP contribution >= 0.6 is 27.7 Å². The summed E-state index contributed by atoms with van der Waals surface area (Å²) in [5.74, 6) is -1.03. The molecule has 1 heterocycles. The number of amidine groups is 1. The molecule has 1 N–H and O–H groups in total. The van der Waals surface area contributed by atoms with Crippen LogP contribution in [0.2, 0.25) is 0 Å². The van der Waals surface area contributed by atoms with Crippen LogP contribution in [0.3, 0.4) is 0 Å². The van der Waals surface area contributed by atoms with E-state index >= 15 is 0 Å². The third-order valence-corrected chi connectivity index (χ3v) is 4.31. The molecule has 1 aromatic rings. The number of ether oxygens (including phenoxy) is 1. The maximum atomic E-state index is 11.6. The molecular formula is C14H13BrN3O4S-. The SMILES string of the molecule is CCOc1ccc(Br)cc1/C=N\N=C1\NC(=O)[C@@H](CC(=O)[O-])S1. The van der Waals surface area contributed by atoms with E-state index in [0.717, 1.165) is 21.8 Å². The summed E-state index contributed by atoms with van der Waals surface area (Å²) in [6.07, 6.45) is 1.14. The second-order valence-corrected chi connectivity index (χ2v) is 6.54. The number of amides is 1. The summed E-state index contributed by atoms with van der Waals surface area (Å²) in [7, 11) is 0. The van der Waals surface area contributed by atoms with Gasteiger partial charge in [0.15, 0.2) is 5.17 Å². The van der Waals surface area contributed by atoms with Gasteiger partial charge < -0.3 is 20.0 Å². The maximum Gasteiger partial charge on any atom is 0.239 e. The van der Waals surface area contributed by atoms with Crippen molar-refractivity contribution >= 4 is 51.0 Å². The number of nitrogens with zero attached hydrogens (tertiary/aromatic N) is 2. The van der Waals surface area contributed by atoms with Gasteiger partial charge in [-0.25, -0.2) is 0 Å². The van der Waals surface area contributed by atoms with Crippen LogP contribution in [0.5, 0.6) is 5.75 Å². The highest BCUT2D eigenvalue weighted by atomic mass is 79.9. The Morgan fingerprint density at radius 3 is 3.04 bits per heavy atom. The van der Waals surface area contributed by atoms with Crippen molar-refractivity contribution in [1.29, 1.82) is 0 Å². The van der Waals surface area contributed by atoms with E-state index in [2.05, 4.69) is 31.4 Å². The zero-order valence-electron chi connectivity index (χ0n) is 12.1. The molecule has 1 aliphatic rings. The van der Waals surface area contributed by atoms with Gasteiger partial charge in [-0.3, -0.25) is 4.79 Å². The van der Waals surface area contributed by atoms with E-state index in [1.807, 2.05) is 25.1 Å². The number of thioether (sulfide) groups is 1. The first-order valence-electron chi connectivity index (χ1n) is 6.70. The molecule has 1 amide bonds. The predicted molar refractivity (Wildman–Crippen MR) is 89.5 cm³/mol. The van der Waals surface area contributed by atoms with E-state index in [0.29, 0.717) is 12.4 Å². The number of rotatable bonds is 6. The molecule has 0 radical (unpaired) electrons. The summed E-state index contributed by atoms with van der Waals surface area (Å²) >= 11 is 4.38. The number of hydrogen-bond acceptors (Lipinski definition) is 7. The smallest absolute Gasteiger partial charge is 0.239 e. The second kappa shape index (κ2) is 8.11. The first-order chi connectivity index (χ1) is 11.0. The molecule has 122 valence electrons. The molecule has 0 spiro atoms. The van der Waals surface area contributed by atoms with Crippen LogP contribution in [0.1, 0.15) is 18.9 Å². The Morgan fingerprint density at radius 1 is 1.57 bits per heavy atom. The largest absolute Gasteiger partial charge is 0.550 e. The highest BCUT2D eigenvalue weighted by Gasteiger charge is 2.30. The highest BCUT2D eigenvalue weighted by Crippen LogP contribution is 2.23. The van der Waals surface area contributed by atoms with Gasteiger partial charge >= 0.3 is 0 Å². The van der Waals surface area contributed by atoms with Crippen LogP contribution in [0.4, 0.5) is 0 Å². The lowest BCUT2D eigenvalue weighted by Gasteiger charge is -2.06. The quantitative estimate of drug-likeness (QED) is 0.566. The standard InChI is InChI=1S/C14H14BrN3O4S/c1-2-22-10-4-3-9(15)5-8(10)7-16-18-14-17-13(21)11(23-14)6-12(19)20/h3-5,7,11H,2,6H2,1H3,(H,19,20)(H,17,18,21)/p-1/b16-7-/t11-/m1/s1. The van der Waals surface area contributed by atoms with Crippen molar-refractivity contribution in [3.8, 4) is 5.75 Å². The number of carboxylic acids is 1. The van der Waals surface area contributed by atoms with Crippen molar-refractivity contribution in [2.24, 2.45) is 10.2 Å². The van der Waals surface area contributed by atoms with Crippen LogP contribution in [0, 0.1) is 0 Å². The van der Waals surface area contributed by atoms with Crippen molar-refractivity contribution in [3.63, 3.8) is 0 Å². The number of hydrogen-bond donors (Lipinski definition) is 1. The Balaban J connectivity index is 2.08. The van der Waals surface area contributed by atoms with Crippen molar-refractivity contribution in [1.82, 2.24) is 5.32 Å². The van der Waals surface area contributed by atoms with E-state index in [9.17, 15) is 14.7 Å². The van der Waals surface area contributed by atoms with Gasteiger partial charge in [-0.05, 0) is 25.1 Å². The van der Waals surface area contributed by atoms with Crippen molar-refractivity contribution in [2.45, 2.75) is 18.6 Å². The number of halogens is 1. The van der Waals surface area contributed by atoms with Crippen molar-refractivity contribution < 1.29 is 19.4 Å². The van der Waals surface area contributed by atoms with Crippen molar-refractivity contribution in [2.75, 3.05) is 6.61 Å². The van der Waals surface area contributed by atoms with Crippen LogP contribution in [0.15, 0.2) is 32.9 Å². The molecule has 0 saturated carbocycles. The number of carbonyl (C=O) groups is 2. The summed E-state index contributed by atoms with van der Waals surface area (Å²) in [5, 5.41) is 20.3. The Hall–Kier alpha value is -1.87. The van der Waals surface area contributed by atoms with E-state index < -0.39 is 17.1 Å². The van der Waals surface area contributed by atoms with Gasteiger partial charge in [-0.1, -0.05) is 27.7 Å². The average Bonchev–Trinajstić information content (AvgIpc) is 2.81. The zero-order chi connectivity index (χ0) is 16.8. The molecular weight excluding hydrogens is 386 g/mol. The third-order valence-electron chi connectivity index (χ3n) is 2.75. The lowest BCUT2D eigenvalue weighted by atomic mass is 10.2. The summed E-state index contributed by atoms with van der Waals surface area (Å²) in [6.45, 7) is 2.40. The Kier molecular flexibility index (Phi) is 6.17. The fourth-order valence-corrected chi connectivity index (χ4v) is 3.08. The molecule has 7 nitrogen and oxygen atoms in total. The van der Waals surface area contributed by atoms with E-state index in [1.54, 1.807) is 0 Å². The van der Waals surface area contributed by atoms with Crippen LogP contribution < -0.4 is 15.2 Å². The summed E-state index contributed by atoms with van der Waals surface area (Å²) in [5.41, 5.74) is 0.728. The molecule has 23 heavy (non-hydrogen) atoms. The summed E-state index contributed by atoms with van der Waals surface area (Å²) in [4.78, 5) is 22.1. The number of carbonyl (C=O) groups excluding carboxylic acids is 2. The molecule has 0 unspecified atom stereocenters. The van der Waals surface area contributed by atoms with E-state index in [1.165, 1.54) is 6.21 Å². The molecule has 1 aromatic carbocycles. The summed E-state index contributed by atoms with van der Waals surface area (Å²) in [6, 6.07) is 5.49. The van der Waals surface area contributed by atoms with Gasteiger partial charge in [0.1, 0.15) is 5.75 Å².